The van der Waals surface area contributed by atoms with E-state index < -0.39 is 17.2 Å². The van der Waals surface area contributed by atoms with E-state index in [0.29, 0.717) is 30.1 Å². The van der Waals surface area contributed by atoms with E-state index in [4.69, 9.17) is 4.74 Å². The first-order valence-corrected chi connectivity index (χ1v) is 15.4. The van der Waals surface area contributed by atoms with Crippen LogP contribution in [0.2, 0.25) is 0 Å². The van der Waals surface area contributed by atoms with E-state index in [-0.39, 0.29) is 34.1 Å². The fraction of sp³-hybridized carbons (Fsp3) is 0.879. The molecule has 38 heavy (non-hydrogen) atoms. The Labute approximate surface area is 230 Å². The molecule has 0 bridgehead atoms. The lowest BCUT2D eigenvalue weighted by Crippen LogP contribution is -2.64. The van der Waals surface area contributed by atoms with Gasteiger partial charge in [0.1, 0.15) is 5.60 Å². The Kier molecular flexibility index (Phi) is 6.54. The third kappa shape index (κ3) is 4.03. The molecule has 1 amide bonds. The van der Waals surface area contributed by atoms with Crippen LogP contribution in [0.1, 0.15) is 120 Å². The molecule has 0 saturated heterocycles. The number of aliphatic hydroxyl groups excluding tert-OH is 1. The Morgan fingerprint density at radius 1 is 0.947 bits per heavy atom. The molecule has 2 N–H and O–H groups in total. The second-order valence-electron chi connectivity index (χ2n) is 16.2. The van der Waals surface area contributed by atoms with Crippen molar-refractivity contribution in [2.24, 2.45) is 45.8 Å². The SMILES string of the molecule is CC(C)C1=C2[C@H]3CCC4[C@@](C)(CCC5C(C)(C)[C@@H](O)CC[C@@]54C)C3CC[C@@]2(NC(=O)OC(C)(C)C)CC1=O. The number of fused-ring (bicyclic) bond motifs is 7. The first-order valence-electron chi connectivity index (χ1n) is 15.4. The number of carbonyl (C=O) groups excluding carboxylic acids is 2. The lowest BCUT2D eigenvalue weighted by atomic mass is 9.37. The summed E-state index contributed by atoms with van der Waals surface area (Å²) in [6.45, 7) is 19.7. The van der Waals surface area contributed by atoms with Crippen molar-refractivity contribution in [2.45, 2.75) is 137 Å². The highest BCUT2D eigenvalue weighted by Crippen LogP contribution is 2.72. The van der Waals surface area contributed by atoms with Crippen LogP contribution >= 0.6 is 0 Å². The summed E-state index contributed by atoms with van der Waals surface area (Å²) >= 11 is 0. The number of allylic oxidation sites excluding steroid dienone is 1. The molecule has 0 radical (unpaired) electrons. The quantitative estimate of drug-likeness (QED) is 0.398. The minimum Gasteiger partial charge on any atom is -0.444 e. The predicted molar refractivity (Wildman–Crippen MR) is 150 cm³/mol. The fourth-order valence-electron chi connectivity index (χ4n) is 10.9. The molecule has 3 unspecified atom stereocenters. The first kappa shape index (κ1) is 28.2. The van der Waals surface area contributed by atoms with Crippen LogP contribution in [-0.2, 0) is 9.53 Å². The van der Waals surface area contributed by atoms with Crippen LogP contribution in [0.4, 0.5) is 4.79 Å². The minimum absolute atomic E-state index is 0.0462. The summed E-state index contributed by atoms with van der Waals surface area (Å²) in [6, 6.07) is 0. The molecule has 0 heterocycles. The van der Waals surface area contributed by atoms with E-state index in [0.717, 1.165) is 37.7 Å². The standard InChI is InChI=1S/C33H53NO4/c1-19(2)26-22(35)18-33(34-28(37)38-29(3,4)5)17-12-21-20(27(26)33)10-11-24-31(21,8)15-13-23-30(6,7)25(36)14-16-32(23,24)9/h19-21,23-25,36H,10-18H2,1-9H3,(H,34,37)/t20-,21?,23?,24?,25-,31-,32-,33+/m0/s1. The molecule has 0 spiro atoms. The van der Waals surface area contributed by atoms with Crippen molar-refractivity contribution in [1.29, 1.82) is 0 Å². The molecule has 5 aliphatic rings. The Morgan fingerprint density at radius 2 is 1.61 bits per heavy atom. The van der Waals surface area contributed by atoms with Crippen LogP contribution < -0.4 is 5.32 Å². The molecular formula is C33H53NO4. The van der Waals surface area contributed by atoms with Gasteiger partial charge in [-0.2, -0.15) is 0 Å². The van der Waals surface area contributed by atoms with Gasteiger partial charge in [-0.25, -0.2) is 4.79 Å². The minimum atomic E-state index is -0.596. The van der Waals surface area contributed by atoms with Gasteiger partial charge >= 0.3 is 6.09 Å². The fourth-order valence-corrected chi connectivity index (χ4v) is 10.9. The number of aliphatic hydroxyl groups is 1. The van der Waals surface area contributed by atoms with Gasteiger partial charge in [-0.15, -0.1) is 0 Å². The average molecular weight is 528 g/mol. The van der Waals surface area contributed by atoms with Gasteiger partial charge in [-0.1, -0.05) is 41.5 Å². The molecule has 0 aromatic carbocycles. The third-order valence-electron chi connectivity index (χ3n) is 12.3. The van der Waals surface area contributed by atoms with Gasteiger partial charge in [0, 0.05) is 6.42 Å². The Morgan fingerprint density at radius 3 is 2.24 bits per heavy atom. The number of alkyl carbamates (subject to hydrolysis) is 1. The van der Waals surface area contributed by atoms with Gasteiger partial charge in [0.2, 0.25) is 0 Å². The van der Waals surface area contributed by atoms with Crippen molar-refractivity contribution < 1.29 is 19.4 Å². The lowest BCUT2D eigenvalue weighted by molar-refractivity contribution is -0.202. The van der Waals surface area contributed by atoms with E-state index >= 15 is 0 Å². The van der Waals surface area contributed by atoms with Gasteiger partial charge in [0.25, 0.3) is 0 Å². The van der Waals surface area contributed by atoms with Gasteiger partial charge in [-0.05, 0) is 129 Å². The number of ketones is 1. The van der Waals surface area contributed by atoms with Crippen LogP contribution in [-0.4, -0.2) is 34.2 Å². The maximum atomic E-state index is 13.6. The Bertz CT molecular complexity index is 1040. The zero-order valence-electron chi connectivity index (χ0n) is 25.5. The number of carbonyl (C=O) groups is 2. The third-order valence-corrected chi connectivity index (χ3v) is 12.3. The molecule has 4 fully saturated rings. The predicted octanol–water partition coefficient (Wildman–Crippen LogP) is 7.22. The number of nitrogens with one attached hydrogen (secondary N) is 1. The zero-order valence-corrected chi connectivity index (χ0v) is 25.5. The molecule has 0 aromatic rings. The molecule has 5 aliphatic carbocycles. The van der Waals surface area contributed by atoms with E-state index in [2.05, 4.69) is 46.9 Å². The monoisotopic (exact) mass is 527 g/mol. The van der Waals surface area contributed by atoms with E-state index in [9.17, 15) is 14.7 Å². The second-order valence-corrected chi connectivity index (χ2v) is 16.2. The summed E-state index contributed by atoms with van der Waals surface area (Å²) in [7, 11) is 0. The number of ether oxygens (including phenoxy) is 1. The maximum absolute atomic E-state index is 13.6. The van der Waals surface area contributed by atoms with E-state index in [1.807, 2.05) is 20.8 Å². The molecule has 8 atom stereocenters. The van der Waals surface area contributed by atoms with Crippen LogP contribution in [0.25, 0.3) is 0 Å². The van der Waals surface area contributed by atoms with E-state index in [1.54, 1.807) is 0 Å². The average Bonchev–Trinajstić information content (AvgIpc) is 3.06. The highest BCUT2D eigenvalue weighted by atomic mass is 16.6. The number of hydrogen-bond donors (Lipinski definition) is 2. The molecule has 5 nitrogen and oxygen atoms in total. The molecule has 5 heteroatoms. The van der Waals surface area contributed by atoms with Crippen molar-refractivity contribution in [3.05, 3.63) is 11.1 Å². The normalized spacial score (nSPS) is 44.2. The van der Waals surface area contributed by atoms with Gasteiger partial charge in [-0.3, -0.25) is 4.79 Å². The van der Waals surface area contributed by atoms with Crippen LogP contribution in [0, 0.1) is 45.8 Å². The van der Waals surface area contributed by atoms with Gasteiger partial charge < -0.3 is 15.2 Å². The second kappa shape index (κ2) is 8.82. The summed E-state index contributed by atoms with van der Waals surface area (Å²) in [5.74, 6) is 2.41. The largest absolute Gasteiger partial charge is 0.444 e. The van der Waals surface area contributed by atoms with Crippen molar-refractivity contribution in [3.63, 3.8) is 0 Å². The molecule has 0 aromatic heterocycles. The maximum Gasteiger partial charge on any atom is 0.408 e. The highest BCUT2D eigenvalue weighted by molar-refractivity contribution is 6.02. The summed E-state index contributed by atoms with van der Waals surface area (Å²) < 4.78 is 5.71. The number of Topliss-reactive ketones (excluding diaryl/α,β-unsaturated/α-hetero) is 1. The number of hydrogen-bond acceptors (Lipinski definition) is 4. The van der Waals surface area contributed by atoms with Crippen LogP contribution in [0.3, 0.4) is 0 Å². The van der Waals surface area contributed by atoms with Crippen molar-refractivity contribution in [2.75, 3.05) is 0 Å². The first-order chi connectivity index (χ1) is 17.5. The number of amides is 1. The summed E-state index contributed by atoms with van der Waals surface area (Å²) in [5, 5.41) is 14.2. The number of rotatable bonds is 2. The summed E-state index contributed by atoms with van der Waals surface area (Å²) in [6.07, 6.45) is 8.27. The highest BCUT2D eigenvalue weighted by Gasteiger charge is 2.66. The van der Waals surface area contributed by atoms with Crippen molar-refractivity contribution in [1.82, 2.24) is 5.32 Å². The topological polar surface area (TPSA) is 75.6 Å². The van der Waals surface area contributed by atoms with Crippen molar-refractivity contribution >= 4 is 11.9 Å². The van der Waals surface area contributed by atoms with Crippen molar-refractivity contribution in [3.8, 4) is 0 Å². The van der Waals surface area contributed by atoms with Gasteiger partial charge in [0.15, 0.2) is 5.78 Å². The molecular weight excluding hydrogens is 474 g/mol. The Hall–Kier alpha value is -1.36. The molecule has 214 valence electrons. The van der Waals surface area contributed by atoms with Gasteiger partial charge in [0.05, 0.1) is 11.6 Å². The Balaban J connectivity index is 1.52. The summed E-state index contributed by atoms with van der Waals surface area (Å²) in [4.78, 5) is 26.7. The molecule has 5 rings (SSSR count). The van der Waals surface area contributed by atoms with Crippen LogP contribution in [0.5, 0.6) is 0 Å². The molecule has 0 aliphatic heterocycles. The lowest BCUT2D eigenvalue weighted by Gasteiger charge is -2.68. The molecule has 4 saturated carbocycles. The van der Waals surface area contributed by atoms with Crippen LogP contribution in [0.15, 0.2) is 11.1 Å². The zero-order chi connectivity index (χ0) is 28.1. The summed E-state index contributed by atoms with van der Waals surface area (Å²) in [5.41, 5.74) is 1.48. The smallest absolute Gasteiger partial charge is 0.408 e. The van der Waals surface area contributed by atoms with E-state index in [1.165, 1.54) is 24.8 Å².